The lowest BCUT2D eigenvalue weighted by Gasteiger charge is -2.10. The van der Waals surface area contributed by atoms with E-state index in [1.807, 2.05) is 6.92 Å². The summed E-state index contributed by atoms with van der Waals surface area (Å²) in [6, 6.07) is 6.69. The molecule has 1 atom stereocenters. The van der Waals surface area contributed by atoms with Crippen LogP contribution in [0, 0.1) is 5.92 Å². The summed E-state index contributed by atoms with van der Waals surface area (Å²) in [5.74, 6) is 1.81. The molecule has 1 N–H and O–H groups in total. The molecule has 0 spiro atoms. The van der Waals surface area contributed by atoms with Crippen molar-refractivity contribution in [3.05, 3.63) is 30.1 Å². The molecule has 1 unspecified atom stereocenters. The predicted molar refractivity (Wildman–Crippen MR) is 68.5 cm³/mol. The van der Waals surface area contributed by atoms with Crippen LogP contribution < -0.4 is 0 Å². The molecule has 1 aliphatic carbocycles. The second-order valence-electron chi connectivity index (χ2n) is 4.72. The highest BCUT2D eigenvalue weighted by molar-refractivity contribution is 5.54. The Morgan fingerprint density at radius 1 is 1.37 bits per heavy atom. The van der Waals surface area contributed by atoms with E-state index in [0.717, 1.165) is 18.4 Å². The van der Waals surface area contributed by atoms with Crippen molar-refractivity contribution in [3.63, 3.8) is 0 Å². The first-order valence-corrected chi connectivity index (χ1v) is 6.52. The molecule has 19 heavy (non-hydrogen) atoms. The van der Waals surface area contributed by atoms with Gasteiger partial charge in [0, 0.05) is 12.2 Å². The number of benzene rings is 1. The van der Waals surface area contributed by atoms with E-state index < -0.39 is 0 Å². The lowest BCUT2D eigenvalue weighted by atomic mass is 10.2. The number of rotatable bonds is 5. The Balaban J connectivity index is 1.83. The third-order valence-electron chi connectivity index (χ3n) is 3.21. The van der Waals surface area contributed by atoms with E-state index in [-0.39, 0.29) is 11.9 Å². The standard InChI is InChI=1S/C14H16N2O3/c1-2-18-12(9-3-4-9)13-15-14(19-16-13)10-5-7-11(17)8-6-10/h5-9,12,17H,2-4H2,1H3. The van der Waals surface area contributed by atoms with Gasteiger partial charge in [0.15, 0.2) is 0 Å². The van der Waals surface area contributed by atoms with Gasteiger partial charge in [0.1, 0.15) is 11.9 Å². The Morgan fingerprint density at radius 3 is 2.74 bits per heavy atom. The second kappa shape index (κ2) is 5.01. The number of ether oxygens (including phenoxy) is 1. The minimum atomic E-state index is -0.0559. The van der Waals surface area contributed by atoms with Crippen molar-refractivity contribution in [2.75, 3.05) is 6.61 Å². The number of aromatic hydroxyl groups is 1. The number of phenols is 1. The van der Waals surface area contributed by atoms with Gasteiger partial charge in [-0.15, -0.1) is 0 Å². The van der Waals surface area contributed by atoms with Gasteiger partial charge < -0.3 is 14.4 Å². The van der Waals surface area contributed by atoms with Crippen molar-refractivity contribution in [2.24, 2.45) is 5.92 Å². The Kier molecular flexibility index (Phi) is 3.21. The normalized spacial score (nSPS) is 16.5. The van der Waals surface area contributed by atoms with Crippen LogP contribution in [0.15, 0.2) is 28.8 Å². The largest absolute Gasteiger partial charge is 0.508 e. The summed E-state index contributed by atoms with van der Waals surface area (Å²) in [5.41, 5.74) is 0.794. The van der Waals surface area contributed by atoms with E-state index in [0.29, 0.717) is 24.2 Å². The lowest BCUT2D eigenvalue weighted by molar-refractivity contribution is 0.0385. The molecule has 100 valence electrons. The minimum absolute atomic E-state index is 0.0559. The highest BCUT2D eigenvalue weighted by Gasteiger charge is 2.36. The van der Waals surface area contributed by atoms with Gasteiger partial charge in [0.2, 0.25) is 5.82 Å². The fraction of sp³-hybridized carbons (Fsp3) is 0.429. The predicted octanol–water partition coefficient (Wildman–Crippen LogP) is 2.93. The molecule has 2 aromatic rings. The van der Waals surface area contributed by atoms with Crippen LogP contribution in [0.25, 0.3) is 11.5 Å². The van der Waals surface area contributed by atoms with Crippen LogP contribution in [0.5, 0.6) is 5.75 Å². The number of hydrogen-bond acceptors (Lipinski definition) is 5. The Labute approximate surface area is 111 Å². The number of aromatic nitrogens is 2. The van der Waals surface area contributed by atoms with Crippen molar-refractivity contribution >= 4 is 0 Å². The Morgan fingerprint density at radius 2 is 2.11 bits per heavy atom. The first kappa shape index (κ1) is 12.2. The first-order valence-electron chi connectivity index (χ1n) is 6.52. The van der Waals surface area contributed by atoms with E-state index in [1.54, 1.807) is 24.3 Å². The summed E-state index contributed by atoms with van der Waals surface area (Å²) < 4.78 is 11.0. The highest BCUT2D eigenvalue weighted by Crippen LogP contribution is 2.42. The van der Waals surface area contributed by atoms with Gasteiger partial charge in [-0.05, 0) is 49.9 Å². The van der Waals surface area contributed by atoms with Crippen molar-refractivity contribution in [1.82, 2.24) is 10.1 Å². The topological polar surface area (TPSA) is 68.4 Å². The molecule has 5 nitrogen and oxygen atoms in total. The summed E-state index contributed by atoms with van der Waals surface area (Å²) in [7, 11) is 0. The summed E-state index contributed by atoms with van der Waals surface area (Å²) in [5, 5.41) is 13.3. The van der Waals surface area contributed by atoms with Crippen molar-refractivity contribution in [3.8, 4) is 17.2 Å². The van der Waals surface area contributed by atoms with Gasteiger partial charge >= 0.3 is 0 Å². The molecular formula is C14H16N2O3. The fourth-order valence-electron chi connectivity index (χ4n) is 2.07. The molecule has 1 aromatic carbocycles. The van der Waals surface area contributed by atoms with E-state index in [2.05, 4.69) is 10.1 Å². The minimum Gasteiger partial charge on any atom is -0.508 e. The Bertz CT molecular complexity index is 546. The van der Waals surface area contributed by atoms with Gasteiger partial charge in [-0.3, -0.25) is 0 Å². The summed E-state index contributed by atoms with van der Waals surface area (Å²) in [6.07, 6.45) is 2.27. The Hall–Kier alpha value is -1.88. The van der Waals surface area contributed by atoms with Crippen molar-refractivity contribution < 1.29 is 14.4 Å². The molecule has 0 radical (unpaired) electrons. The molecular weight excluding hydrogens is 244 g/mol. The SMILES string of the molecule is CCOC(c1noc(-c2ccc(O)cc2)n1)C1CC1. The smallest absolute Gasteiger partial charge is 0.258 e. The summed E-state index contributed by atoms with van der Waals surface area (Å²) >= 11 is 0. The van der Waals surface area contributed by atoms with Crippen LogP contribution in [0.3, 0.4) is 0 Å². The van der Waals surface area contributed by atoms with E-state index in [9.17, 15) is 5.11 Å². The van der Waals surface area contributed by atoms with Crippen molar-refractivity contribution in [2.45, 2.75) is 25.9 Å². The van der Waals surface area contributed by atoms with E-state index in [4.69, 9.17) is 9.26 Å². The molecule has 0 bridgehead atoms. The van der Waals surface area contributed by atoms with Crippen LogP contribution in [0.4, 0.5) is 0 Å². The molecule has 1 heterocycles. The van der Waals surface area contributed by atoms with Crippen LogP contribution in [-0.2, 0) is 4.74 Å². The molecule has 1 fully saturated rings. The van der Waals surface area contributed by atoms with Crippen LogP contribution in [-0.4, -0.2) is 21.9 Å². The highest BCUT2D eigenvalue weighted by atomic mass is 16.5. The van der Waals surface area contributed by atoms with Gasteiger partial charge in [-0.1, -0.05) is 5.16 Å². The molecule has 0 saturated heterocycles. The van der Waals surface area contributed by atoms with E-state index >= 15 is 0 Å². The summed E-state index contributed by atoms with van der Waals surface area (Å²) in [4.78, 5) is 4.41. The molecule has 1 aliphatic rings. The lowest BCUT2D eigenvalue weighted by Crippen LogP contribution is -2.08. The second-order valence-corrected chi connectivity index (χ2v) is 4.72. The third kappa shape index (κ3) is 2.61. The molecule has 3 rings (SSSR count). The zero-order valence-electron chi connectivity index (χ0n) is 10.7. The molecule has 0 aliphatic heterocycles. The van der Waals surface area contributed by atoms with Gasteiger partial charge in [-0.2, -0.15) is 4.98 Å². The van der Waals surface area contributed by atoms with Gasteiger partial charge in [-0.25, -0.2) is 0 Å². The molecule has 1 aromatic heterocycles. The van der Waals surface area contributed by atoms with Crippen LogP contribution in [0.2, 0.25) is 0 Å². The number of nitrogens with zero attached hydrogens (tertiary/aromatic N) is 2. The average molecular weight is 260 g/mol. The monoisotopic (exact) mass is 260 g/mol. The first-order chi connectivity index (χ1) is 9.28. The van der Waals surface area contributed by atoms with Crippen LogP contribution >= 0.6 is 0 Å². The number of phenolic OH excluding ortho intramolecular Hbond substituents is 1. The fourth-order valence-corrected chi connectivity index (χ4v) is 2.07. The zero-order valence-corrected chi connectivity index (χ0v) is 10.7. The van der Waals surface area contributed by atoms with Gasteiger partial charge in [0.05, 0.1) is 0 Å². The van der Waals surface area contributed by atoms with Gasteiger partial charge in [0.25, 0.3) is 5.89 Å². The zero-order chi connectivity index (χ0) is 13.2. The molecule has 1 saturated carbocycles. The maximum absolute atomic E-state index is 9.26. The maximum Gasteiger partial charge on any atom is 0.258 e. The average Bonchev–Trinajstić information content (AvgIpc) is 3.14. The van der Waals surface area contributed by atoms with Crippen LogP contribution in [0.1, 0.15) is 31.7 Å². The quantitative estimate of drug-likeness (QED) is 0.895. The molecule has 5 heteroatoms. The summed E-state index contributed by atoms with van der Waals surface area (Å²) in [6.45, 7) is 2.61. The van der Waals surface area contributed by atoms with E-state index in [1.165, 1.54) is 0 Å². The third-order valence-corrected chi connectivity index (χ3v) is 3.21. The number of hydrogen-bond donors (Lipinski definition) is 1. The molecule has 0 amide bonds. The maximum atomic E-state index is 9.26. The van der Waals surface area contributed by atoms with Crippen molar-refractivity contribution in [1.29, 1.82) is 0 Å².